The van der Waals surface area contributed by atoms with E-state index in [0.29, 0.717) is 5.41 Å². The zero-order chi connectivity index (χ0) is 15.4. The Bertz CT molecular complexity index is 353. The lowest BCUT2D eigenvalue weighted by Gasteiger charge is -2.26. The van der Waals surface area contributed by atoms with E-state index >= 15 is 0 Å². The van der Waals surface area contributed by atoms with Gasteiger partial charge < -0.3 is 9.64 Å². The van der Waals surface area contributed by atoms with Crippen molar-refractivity contribution in [3.8, 4) is 0 Å². The highest BCUT2D eigenvalue weighted by Crippen LogP contribution is 2.37. The highest BCUT2D eigenvalue weighted by atomic mass is 16.6. The highest BCUT2D eigenvalue weighted by Gasteiger charge is 2.36. The second kappa shape index (κ2) is 6.59. The molecule has 1 fully saturated rings. The zero-order valence-corrected chi connectivity index (χ0v) is 13.6. The van der Waals surface area contributed by atoms with Crippen molar-refractivity contribution in [3.05, 3.63) is 0 Å². The first-order valence-electron chi connectivity index (χ1n) is 7.71. The van der Waals surface area contributed by atoms with Gasteiger partial charge in [0, 0.05) is 19.5 Å². The van der Waals surface area contributed by atoms with E-state index in [1.807, 2.05) is 25.7 Å². The molecule has 0 saturated carbocycles. The lowest BCUT2D eigenvalue weighted by atomic mass is 9.82. The average molecular weight is 283 g/mol. The van der Waals surface area contributed by atoms with Gasteiger partial charge in [-0.15, -0.1) is 0 Å². The van der Waals surface area contributed by atoms with Crippen LogP contribution in [0.5, 0.6) is 0 Å². The summed E-state index contributed by atoms with van der Waals surface area (Å²) < 4.78 is 5.22. The van der Waals surface area contributed by atoms with E-state index in [0.717, 1.165) is 32.4 Å². The molecule has 4 nitrogen and oxygen atoms in total. The first kappa shape index (κ1) is 17.0. The normalized spacial score (nSPS) is 18.1. The van der Waals surface area contributed by atoms with Crippen molar-refractivity contribution in [1.29, 1.82) is 0 Å². The Hall–Kier alpha value is -1.06. The van der Waals surface area contributed by atoms with Gasteiger partial charge in [-0.25, -0.2) is 0 Å². The Morgan fingerprint density at radius 1 is 1.15 bits per heavy atom. The molecule has 1 rings (SSSR count). The second-order valence-electron chi connectivity index (χ2n) is 6.86. The maximum Gasteiger partial charge on any atom is 0.306 e. The predicted octanol–water partition coefficient (Wildman–Crippen LogP) is 3.15. The number of nitrogens with zero attached hydrogens (tertiary/aromatic N) is 1. The number of amides is 1. The Morgan fingerprint density at radius 2 is 1.75 bits per heavy atom. The van der Waals surface area contributed by atoms with E-state index in [2.05, 4.69) is 13.8 Å². The van der Waals surface area contributed by atoms with Crippen LogP contribution in [0, 0.1) is 5.41 Å². The summed E-state index contributed by atoms with van der Waals surface area (Å²) in [6, 6.07) is 0. The van der Waals surface area contributed by atoms with E-state index in [9.17, 15) is 9.59 Å². The fourth-order valence-electron chi connectivity index (χ4n) is 2.73. The third-order valence-corrected chi connectivity index (χ3v) is 4.25. The van der Waals surface area contributed by atoms with Gasteiger partial charge in [0.05, 0.1) is 6.42 Å². The molecule has 0 unspecified atom stereocenters. The Balaban J connectivity index is 2.40. The van der Waals surface area contributed by atoms with E-state index in [1.54, 1.807) is 0 Å². The SMILES string of the molecule is CCC1(CC)CCN(C(=O)CCC(=O)OC(C)(C)C)C1. The molecule has 20 heavy (non-hydrogen) atoms. The number of carbonyl (C=O) groups is 2. The Morgan fingerprint density at radius 3 is 2.20 bits per heavy atom. The maximum atomic E-state index is 12.2. The van der Waals surface area contributed by atoms with Crippen molar-refractivity contribution < 1.29 is 14.3 Å². The van der Waals surface area contributed by atoms with Crippen molar-refractivity contribution in [3.63, 3.8) is 0 Å². The average Bonchev–Trinajstić information content (AvgIpc) is 2.79. The van der Waals surface area contributed by atoms with Crippen molar-refractivity contribution in [1.82, 2.24) is 4.90 Å². The first-order chi connectivity index (χ1) is 9.21. The fourth-order valence-corrected chi connectivity index (χ4v) is 2.73. The van der Waals surface area contributed by atoms with E-state index in [-0.39, 0.29) is 24.7 Å². The molecule has 0 aliphatic carbocycles. The largest absolute Gasteiger partial charge is 0.460 e. The van der Waals surface area contributed by atoms with Crippen LogP contribution in [0.15, 0.2) is 0 Å². The molecular weight excluding hydrogens is 254 g/mol. The van der Waals surface area contributed by atoms with Crippen LogP contribution in [-0.2, 0) is 14.3 Å². The fraction of sp³-hybridized carbons (Fsp3) is 0.875. The molecule has 1 amide bonds. The standard InChI is InChI=1S/C16H29NO3/c1-6-16(7-2)10-11-17(12-16)13(18)8-9-14(19)20-15(3,4)5/h6-12H2,1-5H3. The van der Waals surface area contributed by atoms with Gasteiger partial charge in [0.15, 0.2) is 0 Å². The van der Waals surface area contributed by atoms with Gasteiger partial charge in [-0.05, 0) is 45.4 Å². The first-order valence-corrected chi connectivity index (χ1v) is 7.71. The van der Waals surface area contributed by atoms with E-state index < -0.39 is 5.60 Å². The Kier molecular flexibility index (Phi) is 5.60. The van der Waals surface area contributed by atoms with Crippen molar-refractivity contribution >= 4 is 11.9 Å². The van der Waals surface area contributed by atoms with Crippen LogP contribution in [-0.4, -0.2) is 35.5 Å². The molecule has 1 aliphatic rings. The van der Waals surface area contributed by atoms with Gasteiger partial charge in [0.25, 0.3) is 0 Å². The van der Waals surface area contributed by atoms with Crippen molar-refractivity contribution in [2.75, 3.05) is 13.1 Å². The molecule has 0 bridgehead atoms. The molecule has 0 N–H and O–H groups in total. The van der Waals surface area contributed by atoms with Crippen LogP contribution in [0.4, 0.5) is 0 Å². The van der Waals surface area contributed by atoms with Crippen LogP contribution < -0.4 is 0 Å². The predicted molar refractivity (Wildman–Crippen MR) is 79.3 cm³/mol. The molecule has 1 heterocycles. The number of rotatable bonds is 5. The van der Waals surface area contributed by atoms with Gasteiger partial charge in [-0.2, -0.15) is 0 Å². The zero-order valence-electron chi connectivity index (χ0n) is 13.6. The molecule has 0 aromatic rings. The third-order valence-electron chi connectivity index (χ3n) is 4.25. The van der Waals surface area contributed by atoms with Crippen LogP contribution >= 0.6 is 0 Å². The minimum absolute atomic E-state index is 0.0830. The lowest BCUT2D eigenvalue weighted by molar-refractivity contribution is -0.156. The highest BCUT2D eigenvalue weighted by molar-refractivity contribution is 5.81. The Labute approximate surface area is 122 Å². The van der Waals surface area contributed by atoms with E-state index in [4.69, 9.17) is 4.74 Å². The van der Waals surface area contributed by atoms with Gasteiger partial charge in [0.2, 0.25) is 5.91 Å². The number of esters is 1. The summed E-state index contributed by atoms with van der Waals surface area (Å²) in [5.41, 5.74) is -0.186. The molecule has 0 aromatic carbocycles. The van der Waals surface area contributed by atoms with Crippen molar-refractivity contribution in [2.45, 2.75) is 72.3 Å². The smallest absolute Gasteiger partial charge is 0.306 e. The molecule has 1 saturated heterocycles. The maximum absolute atomic E-state index is 12.2. The number of ether oxygens (including phenoxy) is 1. The molecular formula is C16H29NO3. The molecule has 1 aliphatic heterocycles. The number of carbonyl (C=O) groups excluding carboxylic acids is 2. The van der Waals surface area contributed by atoms with Crippen LogP contribution in [0.2, 0.25) is 0 Å². The molecule has 4 heteroatoms. The summed E-state index contributed by atoms with van der Waals surface area (Å²) in [5, 5.41) is 0. The van der Waals surface area contributed by atoms with Crippen LogP contribution in [0.25, 0.3) is 0 Å². The summed E-state index contributed by atoms with van der Waals surface area (Å²) >= 11 is 0. The summed E-state index contributed by atoms with van der Waals surface area (Å²) in [5.74, 6) is -0.207. The summed E-state index contributed by atoms with van der Waals surface area (Å²) in [6.07, 6.45) is 3.74. The molecule has 0 atom stereocenters. The molecule has 0 radical (unpaired) electrons. The van der Waals surface area contributed by atoms with Crippen LogP contribution in [0.3, 0.4) is 0 Å². The number of hydrogen-bond acceptors (Lipinski definition) is 3. The van der Waals surface area contributed by atoms with Gasteiger partial charge in [0.1, 0.15) is 5.60 Å². The second-order valence-corrected chi connectivity index (χ2v) is 6.86. The molecule has 116 valence electrons. The topological polar surface area (TPSA) is 46.6 Å². The summed E-state index contributed by atoms with van der Waals surface area (Å²) in [4.78, 5) is 25.7. The van der Waals surface area contributed by atoms with Crippen molar-refractivity contribution in [2.24, 2.45) is 5.41 Å². The minimum Gasteiger partial charge on any atom is -0.460 e. The van der Waals surface area contributed by atoms with E-state index in [1.165, 1.54) is 0 Å². The quantitative estimate of drug-likeness (QED) is 0.728. The van der Waals surface area contributed by atoms with Crippen LogP contribution in [0.1, 0.15) is 66.7 Å². The lowest BCUT2D eigenvalue weighted by Crippen LogP contribution is -2.32. The molecule has 0 spiro atoms. The monoisotopic (exact) mass is 283 g/mol. The van der Waals surface area contributed by atoms with Gasteiger partial charge >= 0.3 is 5.97 Å². The third kappa shape index (κ3) is 4.80. The number of hydrogen-bond donors (Lipinski definition) is 0. The van der Waals surface area contributed by atoms with Gasteiger partial charge in [-0.1, -0.05) is 13.8 Å². The summed E-state index contributed by atoms with van der Waals surface area (Å²) in [7, 11) is 0. The van der Waals surface area contributed by atoms with Gasteiger partial charge in [-0.3, -0.25) is 9.59 Å². The number of likely N-dealkylation sites (tertiary alicyclic amines) is 1. The minimum atomic E-state index is -0.479. The molecule has 0 aromatic heterocycles. The summed E-state index contributed by atoms with van der Waals surface area (Å²) in [6.45, 7) is 11.6.